The molecule has 0 aromatic rings. The molecule has 1 aliphatic heterocycles. The van der Waals surface area contributed by atoms with E-state index < -0.39 is 55.4 Å². The Hall–Kier alpha value is -0.816. The monoisotopic (exact) mass is 711 g/mol. The van der Waals surface area contributed by atoms with Gasteiger partial charge in [0.2, 0.25) is 15.9 Å². The van der Waals surface area contributed by atoms with Crippen LogP contribution < -0.4 is 0 Å². The lowest BCUT2D eigenvalue weighted by Gasteiger charge is -2.46. The number of hydrogen-bond donors (Lipinski definition) is 0. The van der Waals surface area contributed by atoms with Crippen molar-refractivity contribution in [3.8, 4) is 0 Å². The fourth-order valence-electron chi connectivity index (χ4n) is 8.33. The summed E-state index contributed by atoms with van der Waals surface area (Å²) in [5, 5.41) is -0.210. The average Bonchev–Trinajstić information content (AvgIpc) is 3.37. The van der Waals surface area contributed by atoms with Crippen LogP contribution in [0.15, 0.2) is 12.2 Å². The van der Waals surface area contributed by atoms with Crippen molar-refractivity contribution in [2.24, 2.45) is 34.0 Å². The van der Waals surface area contributed by atoms with E-state index in [0.29, 0.717) is 5.92 Å². The summed E-state index contributed by atoms with van der Waals surface area (Å²) >= 11 is 0. The van der Waals surface area contributed by atoms with Gasteiger partial charge in [-0.15, -0.1) is 0 Å². The van der Waals surface area contributed by atoms with Gasteiger partial charge < -0.3 is 8.85 Å². The lowest BCUT2D eigenvalue weighted by atomic mass is 9.69. The molecular formula is C37H69NO6SSi2. The zero-order valence-electron chi connectivity index (χ0n) is 33.0. The molecule has 3 rings (SSSR count). The van der Waals surface area contributed by atoms with Gasteiger partial charge in [0.15, 0.2) is 16.6 Å². The molecule has 0 aromatic heterocycles. The Labute approximate surface area is 290 Å². The molecule has 7 nitrogen and oxygen atoms in total. The SMILES string of the molecule is C/C=C/[C@H](C)[C@@H](O[Si](C)(C)C(C)(C)C)[C@@H](C)C(=O)C(C)(C)[C@@H](CC(=O)N1C2CC3CCC2(CS1(=O)=O)C3(C)C)O[Si](C)(C)C(C)(C)C. The molecule has 1 spiro atoms. The van der Waals surface area contributed by atoms with E-state index in [0.717, 1.165) is 19.3 Å². The second-order valence-electron chi connectivity index (χ2n) is 19.5. The predicted octanol–water partition coefficient (Wildman–Crippen LogP) is 8.97. The first-order valence-corrected chi connectivity index (χ1v) is 25.4. The third-order valence-electron chi connectivity index (χ3n) is 13.9. The molecule has 3 unspecified atom stereocenters. The van der Waals surface area contributed by atoms with Crippen LogP contribution in [0, 0.1) is 34.0 Å². The highest BCUT2D eigenvalue weighted by atomic mass is 32.2. The van der Waals surface area contributed by atoms with E-state index >= 15 is 0 Å². The maximum atomic E-state index is 14.8. The first-order valence-electron chi connectivity index (χ1n) is 18.0. The van der Waals surface area contributed by atoms with Crippen molar-refractivity contribution in [3.63, 3.8) is 0 Å². The van der Waals surface area contributed by atoms with Crippen molar-refractivity contribution < 1.29 is 26.9 Å². The van der Waals surface area contributed by atoms with Gasteiger partial charge in [0, 0.05) is 16.7 Å². The summed E-state index contributed by atoms with van der Waals surface area (Å²) in [6, 6.07) is -0.316. The number of carbonyl (C=O) groups is 2. The molecule has 0 radical (unpaired) electrons. The average molecular weight is 712 g/mol. The summed E-state index contributed by atoms with van der Waals surface area (Å²) in [7, 11) is -8.54. The van der Waals surface area contributed by atoms with Crippen LogP contribution in [0.4, 0.5) is 0 Å². The van der Waals surface area contributed by atoms with Crippen molar-refractivity contribution in [1.29, 1.82) is 0 Å². The molecule has 7 atom stereocenters. The zero-order chi connectivity index (χ0) is 36.6. The van der Waals surface area contributed by atoms with Crippen molar-refractivity contribution in [3.05, 3.63) is 12.2 Å². The molecule has 1 heterocycles. The van der Waals surface area contributed by atoms with E-state index in [-0.39, 0.29) is 51.5 Å². The molecule has 2 bridgehead atoms. The number of sulfonamides is 1. The highest BCUT2D eigenvalue weighted by Gasteiger charge is 2.72. The molecule has 10 heteroatoms. The number of Topliss-reactive ketones (excluding diaryl/α,β-unsaturated/α-hetero) is 1. The zero-order valence-corrected chi connectivity index (χ0v) is 35.8. The Kier molecular flexibility index (Phi) is 11.0. The topological polar surface area (TPSA) is 90.0 Å². The maximum absolute atomic E-state index is 14.8. The molecule has 47 heavy (non-hydrogen) atoms. The highest BCUT2D eigenvalue weighted by molar-refractivity contribution is 7.90. The normalized spacial score (nSPS) is 28.7. The Balaban J connectivity index is 2.04. The van der Waals surface area contributed by atoms with Crippen molar-refractivity contribution in [2.45, 2.75) is 170 Å². The summed E-state index contributed by atoms with van der Waals surface area (Å²) in [5.41, 5.74) is -1.62. The minimum absolute atomic E-state index is 0.00246. The lowest BCUT2D eigenvalue weighted by Crippen LogP contribution is -2.55. The second-order valence-corrected chi connectivity index (χ2v) is 30.8. The van der Waals surface area contributed by atoms with Crippen LogP contribution in [0.25, 0.3) is 0 Å². The number of carbonyl (C=O) groups excluding carboxylic acids is 2. The molecule has 1 saturated heterocycles. The van der Waals surface area contributed by atoms with Gasteiger partial charge in [-0.05, 0) is 79.7 Å². The molecule has 0 N–H and O–H groups in total. The molecule has 272 valence electrons. The van der Waals surface area contributed by atoms with E-state index in [4.69, 9.17) is 8.85 Å². The molecule has 2 aliphatic carbocycles. The van der Waals surface area contributed by atoms with Crippen LogP contribution in [0.1, 0.15) is 116 Å². The Morgan fingerprint density at radius 1 is 0.936 bits per heavy atom. The fourth-order valence-corrected chi connectivity index (χ4v) is 13.8. The number of ketones is 1. The van der Waals surface area contributed by atoms with Gasteiger partial charge in [0.05, 0.1) is 30.4 Å². The summed E-state index contributed by atoms with van der Waals surface area (Å²) in [6.45, 7) is 35.9. The summed E-state index contributed by atoms with van der Waals surface area (Å²) in [4.78, 5) is 29.3. The van der Waals surface area contributed by atoms with E-state index in [1.54, 1.807) is 0 Å². The van der Waals surface area contributed by atoms with E-state index in [1.807, 2.05) is 33.8 Å². The van der Waals surface area contributed by atoms with Crippen molar-refractivity contribution >= 4 is 38.3 Å². The van der Waals surface area contributed by atoms with Crippen LogP contribution in [0.3, 0.4) is 0 Å². The number of fused-ring (bicyclic) bond motifs is 1. The number of nitrogens with zero attached hydrogens (tertiary/aromatic N) is 1. The summed E-state index contributed by atoms with van der Waals surface area (Å²) in [5.74, 6) is -0.482. The standard InChI is InChI=1S/C37H69NO6SSi2/c1-18-19-25(2)31(44-47(16,17)34(7,8)9)26(3)32(40)35(10,11)29(43-46(14,15)33(4,5)6)23-30(39)38-28-22-27-20-21-37(28,36(27,12)13)24-45(38,41)42/h18-19,25-29,31H,20-24H2,1-17H3/b19-18+/t25-,26+,27?,28?,29+,31+,37?/m0/s1. The number of amides is 1. The summed E-state index contributed by atoms with van der Waals surface area (Å²) in [6.07, 6.45) is 5.41. The number of allylic oxidation sites excluding steroid dienone is 1. The molecule has 3 fully saturated rings. The minimum Gasteiger partial charge on any atom is -0.413 e. The van der Waals surface area contributed by atoms with Crippen molar-refractivity contribution in [2.75, 3.05) is 5.75 Å². The van der Waals surface area contributed by atoms with Gasteiger partial charge in [-0.3, -0.25) is 9.59 Å². The van der Waals surface area contributed by atoms with Gasteiger partial charge in [0.1, 0.15) is 5.78 Å². The molecule has 1 amide bonds. The number of rotatable bonds is 12. The van der Waals surface area contributed by atoms with E-state index in [2.05, 4.69) is 94.6 Å². The predicted molar refractivity (Wildman–Crippen MR) is 199 cm³/mol. The molecule has 0 aromatic carbocycles. The maximum Gasteiger partial charge on any atom is 0.238 e. The first kappa shape index (κ1) is 40.6. The Morgan fingerprint density at radius 3 is 1.91 bits per heavy atom. The van der Waals surface area contributed by atoms with Gasteiger partial charge in [-0.2, -0.15) is 0 Å². The Bertz CT molecular complexity index is 1340. The highest BCUT2D eigenvalue weighted by Crippen LogP contribution is 2.70. The Morgan fingerprint density at radius 2 is 1.45 bits per heavy atom. The van der Waals surface area contributed by atoms with E-state index in [9.17, 15) is 18.0 Å². The molecule has 2 saturated carbocycles. The smallest absolute Gasteiger partial charge is 0.238 e. The van der Waals surface area contributed by atoms with Gasteiger partial charge >= 0.3 is 0 Å². The van der Waals surface area contributed by atoms with Gasteiger partial charge in [0.25, 0.3) is 0 Å². The fraction of sp³-hybridized carbons (Fsp3) is 0.892. The van der Waals surface area contributed by atoms with E-state index in [1.165, 1.54) is 4.31 Å². The minimum atomic E-state index is -3.79. The van der Waals surface area contributed by atoms with Gasteiger partial charge in [-0.1, -0.05) is 95.2 Å². The molecular weight excluding hydrogens is 643 g/mol. The quantitative estimate of drug-likeness (QED) is 0.148. The number of hydrogen-bond acceptors (Lipinski definition) is 6. The lowest BCUT2D eigenvalue weighted by molar-refractivity contribution is -0.143. The van der Waals surface area contributed by atoms with Crippen molar-refractivity contribution in [1.82, 2.24) is 4.31 Å². The van der Waals surface area contributed by atoms with Crippen LogP contribution in [-0.4, -0.2) is 65.1 Å². The van der Waals surface area contributed by atoms with Crippen LogP contribution in [-0.2, 0) is 28.5 Å². The largest absolute Gasteiger partial charge is 0.413 e. The van der Waals surface area contributed by atoms with Crippen LogP contribution in [0.5, 0.6) is 0 Å². The van der Waals surface area contributed by atoms with Gasteiger partial charge in [-0.25, -0.2) is 12.7 Å². The molecule has 3 aliphatic rings. The van der Waals surface area contributed by atoms with Crippen LogP contribution in [0.2, 0.25) is 36.3 Å². The second kappa shape index (κ2) is 12.7. The van der Waals surface area contributed by atoms with Crippen LogP contribution >= 0.6 is 0 Å². The summed E-state index contributed by atoms with van der Waals surface area (Å²) < 4.78 is 42.9. The first-order chi connectivity index (χ1) is 20.9. The third-order valence-corrected chi connectivity index (χ3v) is 24.8. The third kappa shape index (κ3) is 7.07.